The van der Waals surface area contributed by atoms with Gasteiger partial charge in [-0.15, -0.1) is 0 Å². The molecule has 1 unspecified atom stereocenters. The third kappa shape index (κ3) is 1.45. The number of benzene rings is 1. The Bertz CT molecular complexity index is 306. The molecular weight excluding hydrogens is 164 g/mol. The zero-order chi connectivity index (χ0) is 9.26. The van der Waals surface area contributed by atoms with E-state index in [0.717, 1.165) is 17.7 Å². The third-order valence-electron chi connectivity index (χ3n) is 2.31. The van der Waals surface area contributed by atoms with E-state index in [1.54, 1.807) is 0 Å². The number of ether oxygens (including phenoxy) is 1. The zero-order valence-corrected chi connectivity index (χ0v) is 7.36. The van der Waals surface area contributed by atoms with Gasteiger partial charge in [-0.3, -0.25) is 0 Å². The second kappa shape index (κ2) is 3.23. The number of para-hydroxylation sites is 1. The minimum Gasteiger partial charge on any atom is -0.485 e. The van der Waals surface area contributed by atoms with Crippen molar-refractivity contribution in [2.75, 3.05) is 6.61 Å². The van der Waals surface area contributed by atoms with Crippen LogP contribution in [0.25, 0.3) is 0 Å². The summed E-state index contributed by atoms with van der Waals surface area (Å²) in [5.74, 6) is 0.919. The van der Waals surface area contributed by atoms with Gasteiger partial charge < -0.3 is 9.84 Å². The van der Waals surface area contributed by atoms with Crippen molar-refractivity contribution in [3.05, 3.63) is 42.0 Å². The molecule has 13 heavy (non-hydrogen) atoms. The lowest BCUT2D eigenvalue weighted by Gasteiger charge is -2.10. The number of hydrogen-bond acceptors (Lipinski definition) is 2. The van der Waals surface area contributed by atoms with E-state index in [1.807, 2.05) is 24.3 Å². The topological polar surface area (TPSA) is 29.5 Å². The lowest BCUT2D eigenvalue weighted by molar-refractivity contribution is 0.234. The molecule has 0 aromatic heterocycles. The molecule has 2 rings (SSSR count). The van der Waals surface area contributed by atoms with E-state index in [9.17, 15) is 0 Å². The first-order chi connectivity index (χ1) is 6.31. The van der Waals surface area contributed by atoms with E-state index >= 15 is 0 Å². The van der Waals surface area contributed by atoms with Crippen molar-refractivity contribution in [2.45, 2.75) is 12.5 Å². The van der Waals surface area contributed by atoms with Gasteiger partial charge in [-0.05, 0) is 17.2 Å². The molecule has 0 radical (unpaired) electrons. The summed E-state index contributed by atoms with van der Waals surface area (Å²) in [6, 6.07) is 7.93. The first-order valence-corrected chi connectivity index (χ1v) is 4.34. The van der Waals surface area contributed by atoms with Gasteiger partial charge >= 0.3 is 0 Å². The molecule has 2 heteroatoms. The van der Waals surface area contributed by atoms with Gasteiger partial charge in [0.2, 0.25) is 0 Å². The Morgan fingerprint density at radius 2 is 2.31 bits per heavy atom. The molecule has 2 nitrogen and oxygen atoms in total. The van der Waals surface area contributed by atoms with Crippen molar-refractivity contribution in [3.63, 3.8) is 0 Å². The van der Waals surface area contributed by atoms with Gasteiger partial charge in [-0.1, -0.05) is 24.8 Å². The fraction of sp³-hybridized carbons (Fsp3) is 0.273. The van der Waals surface area contributed by atoms with E-state index in [0.29, 0.717) is 0 Å². The van der Waals surface area contributed by atoms with Crippen LogP contribution in [0, 0.1) is 0 Å². The Balaban J connectivity index is 2.18. The molecule has 1 atom stereocenters. The normalized spacial score (nSPS) is 19.3. The molecule has 0 amide bonds. The van der Waals surface area contributed by atoms with Crippen molar-refractivity contribution in [2.24, 2.45) is 0 Å². The summed E-state index contributed by atoms with van der Waals surface area (Å²) in [5, 5.41) is 8.89. The highest BCUT2D eigenvalue weighted by Gasteiger charge is 2.23. The quantitative estimate of drug-likeness (QED) is 0.692. The molecule has 0 bridgehead atoms. The molecule has 1 aromatic carbocycles. The molecule has 1 aliphatic heterocycles. The summed E-state index contributed by atoms with van der Waals surface area (Å²) in [7, 11) is 0. The Hall–Kier alpha value is -1.28. The standard InChI is InChI=1S/C11H12O2/c1-8(7-12)11-6-9-4-2-3-5-10(9)13-11/h2-5,11-12H,1,6-7H2. The van der Waals surface area contributed by atoms with Crippen molar-refractivity contribution in [3.8, 4) is 5.75 Å². The van der Waals surface area contributed by atoms with Gasteiger partial charge in [0.05, 0.1) is 6.61 Å². The molecule has 68 valence electrons. The molecule has 1 aromatic rings. The number of aliphatic hydroxyl groups excluding tert-OH is 1. The summed E-state index contributed by atoms with van der Waals surface area (Å²) in [6.07, 6.45) is 0.789. The van der Waals surface area contributed by atoms with Crippen molar-refractivity contribution < 1.29 is 9.84 Å². The lowest BCUT2D eigenvalue weighted by atomic mass is 10.1. The van der Waals surface area contributed by atoms with Crippen LogP contribution in [0.5, 0.6) is 5.75 Å². The largest absolute Gasteiger partial charge is 0.485 e. The van der Waals surface area contributed by atoms with Crippen LogP contribution in [0.4, 0.5) is 0 Å². The molecular formula is C11H12O2. The maximum atomic E-state index is 8.89. The van der Waals surface area contributed by atoms with Gasteiger partial charge in [0.15, 0.2) is 0 Å². The van der Waals surface area contributed by atoms with Crippen LogP contribution in [0.3, 0.4) is 0 Å². The Labute approximate surface area is 77.5 Å². The van der Waals surface area contributed by atoms with Crippen molar-refractivity contribution in [1.82, 2.24) is 0 Å². The highest BCUT2D eigenvalue weighted by atomic mass is 16.5. The minimum absolute atomic E-state index is 0.00133. The predicted molar refractivity (Wildman–Crippen MR) is 50.8 cm³/mol. The Morgan fingerprint density at radius 1 is 1.54 bits per heavy atom. The van der Waals surface area contributed by atoms with E-state index in [1.165, 1.54) is 5.56 Å². The van der Waals surface area contributed by atoms with Crippen LogP contribution >= 0.6 is 0 Å². The van der Waals surface area contributed by atoms with E-state index in [4.69, 9.17) is 9.84 Å². The number of fused-ring (bicyclic) bond motifs is 1. The van der Waals surface area contributed by atoms with Crippen LogP contribution in [-0.4, -0.2) is 17.8 Å². The van der Waals surface area contributed by atoms with E-state index in [2.05, 4.69) is 6.58 Å². The summed E-state index contributed by atoms with van der Waals surface area (Å²) in [4.78, 5) is 0. The van der Waals surface area contributed by atoms with Crippen LogP contribution in [0.1, 0.15) is 5.56 Å². The van der Waals surface area contributed by atoms with Crippen LogP contribution in [0.2, 0.25) is 0 Å². The predicted octanol–water partition coefficient (Wildman–Crippen LogP) is 1.54. The number of hydrogen-bond donors (Lipinski definition) is 1. The van der Waals surface area contributed by atoms with E-state index in [-0.39, 0.29) is 12.7 Å². The monoisotopic (exact) mass is 176 g/mol. The lowest BCUT2D eigenvalue weighted by Crippen LogP contribution is -2.17. The van der Waals surface area contributed by atoms with E-state index < -0.39 is 0 Å². The second-order valence-electron chi connectivity index (χ2n) is 3.23. The summed E-state index contributed by atoms with van der Waals surface area (Å²) >= 11 is 0. The first-order valence-electron chi connectivity index (χ1n) is 4.34. The Kier molecular flexibility index (Phi) is 2.07. The molecule has 1 aliphatic rings. The molecule has 0 aliphatic carbocycles. The molecule has 1 heterocycles. The fourth-order valence-electron chi connectivity index (χ4n) is 1.51. The van der Waals surface area contributed by atoms with Crippen LogP contribution < -0.4 is 4.74 Å². The van der Waals surface area contributed by atoms with Gasteiger partial charge in [0.25, 0.3) is 0 Å². The third-order valence-corrected chi connectivity index (χ3v) is 2.31. The molecule has 0 spiro atoms. The second-order valence-corrected chi connectivity index (χ2v) is 3.23. The Morgan fingerprint density at radius 3 is 3.00 bits per heavy atom. The average molecular weight is 176 g/mol. The van der Waals surface area contributed by atoms with Gasteiger partial charge in [-0.2, -0.15) is 0 Å². The summed E-state index contributed by atoms with van der Waals surface area (Å²) < 4.78 is 5.60. The maximum Gasteiger partial charge on any atom is 0.126 e. The number of aliphatic hydroxyl groups is 1. The fourth-order valence-corrected chi connectivity index (χ4v) is 1.51. The molecule has 1 N–H and O–H groups in total. The maximum absolute atomic E-state index is 8.89. The van der Waals surface area contributed by atoms with Gasteiger partial charge in [0.1, 0.15) is 11.9 Å². The van der Waals surface area contributed by atoms with Gasteiger partial charge in [-0.25, -0.2) is 0 Å². The summed E-state index contributed by atoms with van der Waals surface area (Å²) in [6.45, 7) is 3.76. The van der Waals surface area contributed by atoms with Gasteiger partial charge in [0, 0.05) is 6.42 Å². The highest BCUT2D eigenvalue weighted by Crippen LogP contribution is 2.30. The van der Waals surface area contributed by atoms with Crippen molar-refractivity contribution >= 4 is 0 Å². The highest BCUT2D eigenvalue weighted by molar-refractivity contribution is 5.39. The van der Waals surface area contributed by atoms with Crippen LogP contribution in [0.15, 0.2) is 36.4 Å². The SMILES string of the molecule is C=C(CO)C1Cc2ccccc2O1. The smallest absolute Gasteiger partial charge is 0.126 e. The average Bonchev–Trinajstić information content (AvgIpc) is 2.59. The molecule has 0 saturated carbocycles. The van der Waals surface area contributed by atoms with Crippen molar-refractivity contribution in [1.29, 1.82) is 0 Å². The zero-order valence-electron chi connectivity index (χ0n) is 7.36. The molecule has 0 saturated heterocycles. The minimum atomic E-state index is -0.0394. The number of rotatable bonds is 2. The summed E-state index contributed by atoms with van der Waals surface area (Å²) in [5.41, 5.74) is 1.94. The molecule has 0 fully saturated rings. The van der Waals surface area contributed by atoms with Crippen LogP contribution in [-0.2, 0) is 6.42 Å². The first kappa shape index (κ1) is 8.32.